The molecule has 1 aliphatic carbocycles. The number of hydrogen-bond acceptors (Lipinski definition) is 3. The van der Waals surface area contributed by atoms with Gasteiger partial charge in [0.05, 0.1) is 13.7 Å². The van der Waals surface area contributed by atoms with Crippen LogP contribution in [0.5, 0.6) is 11.5 Å². The van der Waals surface area contributed by atoms with E-state index in [1.165, 1.54) is 12.8 Å². The zero-order valence-electron chi connectivity index (χ0n) is 13.3. The van der Waals surface area contributed by atoms with Crippen molar-refractivity contribution in [2.24, 2.45) is 4.99 Å². The molecule has 0 heterocycles. The Morgan fingerprint density at radius 2 is 1.91 bits per heavy atom. The summed E-state index contributed by atoms with van der Waals surface area (Å²) < 4.78 is 10.8. The van der Waals surface area contributed by atoms with Crippen molar-refractivity contribution < 1.29 is 9.47 Å². The fourth-order valence-electron chi connectivity index (χ4n) is 1.86. The molecule has 0 saturated heterocycles. The maximum Gasteiger partial charge on any atom is 0.191 e. The quantitative estimate of drug-likeness (QED) is 0.295. The Bertz CT molecular complexity index is 447. The van der Waals surface area contributed by atoms with E-state index in [9.17, 15) is 0 Å². The van der Waals surface area contributed by atoms with Crippen LogP contribution >= 0.6 is 24.0 Å². The third kappa shape index (κ3) is 7.20. The van der Waals surface area contributed by atoms with Gasteiger partial charge in [0.2, 0.25) is 0 Å². The number of methoxy groups -OCH3 is 1. The lowest BCUT2D eigenvalue weighted by Crippen LogP contribution is -2.38. The van der Waals surface area contributed by atoms with Gasteiger partial charge < -0.3 is 20.1 Å². The number of rotatable bonds is 8. The first-order chi connectivity index (χ1) is 10.3. The van der Waals surface area contributed by atoms with Crippen molar-refractivity contribution in [1.82, 2.24) is 10.6 Å². The zero-order chi connectivity index (χ0) is 14.9. The zero-order valence-corrected chi connectivity index (χ0v) is 15.6. The minimum absolute atomic E-state index is 0. The molecule has 0 atom stereocenters. The van der Waals surface area contributed by atoms with Crippen LogP contribution < -0.4 is 20.1 Å². The van der Waals surface area contributed by atoms with Gasteiger partial charge in [-0.2, -0.15) is 0 Å². The average Bonchev–Trinajstić information content (AvgIpc) is 3.31. The Labute approximate surface area is 149 Å². The van der Waals surface area contributed by atoms with Gasteiger partial charge in [0.25, 0.3) is 0 Å². The molecule has 1 fully saturated rings. The molecule has 0 aliphatic heterocycles. The van der Waals surface area contributed by atoms with Gasteiger partial charge in [0.15, 0.2) is 5.96 Å². The highest BCUT2D eigenvalue weighted by Gasteiger charge is 2.21. The number of ether oxygens (including phenoxy) is 2. The Kier molecular flexibility index (Phi) is 9.03. The van der Waals surface area contributed by atoms with Crippen molar-refractivity contribution in [3.63, 3.8) is 0 Å². The van der Waals surface area contributed by atoms with Crippen LogP contribution in [0.3, 0.4) is 0 Å². The van der Waals surface area contributed by atoms with E-state index < -0.39 is 0 Å². The molecule has 22 heavy (non-hydrogen) atoms. The summed E-state index contributed by atoms with van der Waals surface area (Å²) in [4.78, 5) is 4.55. The monoisotopic (exact) mass is 419 g/mol. The molecule has 6 heteroatoms. The van der Waals surface area contributed by atoms with Crippen molar-refractivity contribution >= 4 is 29.9 Å². The molecule has 1 aromatic rings. The van der Waals surface area contributed by atoms with E-state index in [4.69, 9.17) is 9.47 Å². The Morgan fingerprint density at radius 3 is 2.50 bits per heavy atom. The van der Waals surface area contributed by atoms with Gasteiger partial charge >= 0.3 is 0 Å². The van der Waals surface area contributed by atoms with Gasteiger partial charge in [0, 0.05) is 25.6 Å². The number of aliphatic imine (C=N–C) groups is 1. The predicted molar refractivity (Wildman–Crippen MR) is 101 cm³/mol. The molecule has 0 radical (unpaired) electrons. The summed E-state index contributed by atoms with van der Waals surface area (Å²) in [6.45, 7) is 4.40. The molecule has 1 saturated carbocycles. The molecule has 1 aliphatic rings. The summed E-state index contributed by atoms with van der Waals surface area (Å²) in [6.07, 6.45) is 3.41. The summed E-state index contributed by atoms with van der Waals surface area (Å²) >= 11 is 0. The first kappa shape index (κ1) is 18.9. The van der Waals surface area contributed by atoms with Crippen molar-refractivity contribution in [2.45, 2.75) is 32.2 Å². The third-order valence-electron chi connectivity index (χ3n) is 3.16. The number of hydrogen-bond donors (Lipinski definition) is 2. The maximum atomic E-state index is 5.68. The number of nitrogens with zero attached hydrogens (tertiary/aromatic N) is 1. The highest BCUT2D eigenvalue weighted by atomic mass is 127. The Balaban J connectivity index is 0.00000242. The lowest BCUT2D eigenvalue weighted by molar-refractivity contribution is 0.312. The van der Waals surface area contributed by atoms with E-state index in [1.807, 2.05) is 24.3 Å². The summed E-state index contributed by atoms with van der Waals surface area (Å²) in [5.74, 6) is 2.63. The van der Waals surface area contributed by atoms with E-state index in [2.05, 4.69) is 22.5 Å². The second-order valence-electron chi connectivity index (χ2n) is 5.06. The summed E-state index contributed by atoms with van der Waals surface area (Å²) in [5.41, 5.74) is 0. The van der Waals surface area contributed by atoms with Gasteiger partial charge in [-0.15, -0.1) is 24.0 Å². The van der Waals surface area contributed by atoms with Crippen molar-refractivity contribution in [2.75, 3.05) is 26.8 Å². The van der Waals surface area contributed by atoms with E-state index >= 15 is 0 Å². The molecule has 5 nitrogen and oxygen atoms in total. The van der Waals surface area contributed by atoms with Gasteiger partial charge in [-0.1, -0.05) is 0 Å². The van der Waals surface area contributed by atoms with Crippen molar-refractivity contribution in [1.29, 1.82) is 0 Å². The lowest BCUT2D eigenvalue weighted by Gasteiger charge is -2.10. The number of guanidine groups is 1. The lowest BCUT2D eigenvalue weighted by atomic mass is 10.3. The summed E-state index contributed by atoms with van der Waals surface area (Å²) in [7, 11) is 1.66. The number of halogens is 1. The summed E-state index contributed by atoms with van der Waals surface area (Å²) in [5, 5.41) is 6.66. The smallest absolute Gasteiger partial charge is 0.191 e. The molecule has 2 rings (SSSR count). The van der Waals surface area contributed by atoms with Gasteiger partial charge in [-0.3, -0.25) is 4.99 Å². The van der Waals surface area contributed by atoms with Crippen LogP contribution in [0.15, 0.2) is 29.3 Å². The first-order valence-corrected chi connectivity index (χ1v) is 7.63. The predicted octanol–water partition coefficient (Wildman–Crippen LogP) is 2.80. The topological polar surface area (TPSA) is 54.9 Å². The first-order valence-electron chi connectivity index (χ1n) is 7.63. The van der Waals surface area contributed by atoms with Crippen molar-refractivity contribution in [3.8, 4) is 11.5 Å². The fraction of sp³-hybridized carbons (Fsp3) is 0.562. The van der Waals surface area contributed by atoms with E-state index in [0.29, 0.717) is 12.6 Å². The van der Waals surface area contributed by atoms with Crippen LogP contribution in [0.4, 0.5) is 0 Å². The van der Waals surface area contributed by atoms with Crippen molar-refractivity contribution in [3.05, 3.63) is 24.3 Å². The maximum absolute atomic E-state index is 5.68. The second kappa shape index (κ2) is 10.5. The summed E-state index contributed by atoms with van der Waals surface area (Å²) in [6, 6.07) is 8.26. The minimum atomic E-state index is 0. The molecule has 124 valence electrons. The Morgan fingerprint density at radius 1 is 1.23 bits per heavy atom. The SMILES string of the molecule is CCNC(=NCCCOc1ccc(OC)cc1)NC1CC1.I. The highest BCUT2D eigenvalue weighted by Crippen LogP contribution is 2.18. The number of nitrogens with one attached hydrogen (secondary N) is 2. The molecule has 0 aromatic heterocycles. The van der Waals surface area contributed by atoms with Crippen LogP contribution in [-0.2, 0) is 0 Å². The van der Waals surface area contributed by atoms with Crippen LogP contribution in [0.25, 0.3) is 0 Å². The fourth-order valence-corrected chi connectivity index (χ4v) is 1.86. The Hall–Kier alpha value is -1.18. The van der Waals surface area contributed by atoms with Crippen LogP contribution in [0.2, 0.25) is 0 Å². The highest BCUT2D eigenvalue weighted by molar-refractivity contribution is 14.0. The average molecular weight is 419 g/mol. The van der Waals surface area contributed by atoms with Gasteiger partial charge in [-0.25, -0.2) is 0 Å². The second-order valence-corrected chi connectivity index (χ2v) is 5.06. The van der Waals surface area contributed by atoms with E-state index in [-0.39, 0.29) is 24.0 Å². The molecule has 0 spiro atoms. The third-order valence-corrected chi connectivity index (χ3v) is 3.16. The molecule has 1 aromatic carbocycles. The van der Waals surface area contributed by atoms with E-state index in [1.54, 1.807) is 7.11 Å². The van der Waals surface area contributed by atoms with E-state index in [0.717, 1.165) is 37.0 Å². The molecule has 0 amide bonds. The molecular weight excluding hydrogens is 393 g/mol. The molecule has 0 unspecified atom stereocenters. The number of benzene rings is 1. The standard InChI is InChI=1S/C16H25N3O2.HI/c1-3-17-16(19-13-5-6-13)18-11-4-12-21-15-9-7-14(20-2)8-10-15;/h7-10,13H,3-6,11-12H2,1-2H3,(H2,17,18,19);1H. The van der Waals surface area contributed by atoms with Gasteiger partial charge in [0.1, 0.15) is 11.5 Å². The van der Waals surface area contributed by atoms with Crippen LogP contribution in [-0.4, -0.2) is 38.8 Å². The molecule has 0 bridgehead atoms. The van der Waals surface area contributed by atoms with Crippen LogP contribution in [0, 0.1) is 0 Å². The van der Waals surface area contributed by atoms with Gasteiger partial charge in [-0.05, 0) is 44.0 Å². The normalized spacial score (nSPS) is 14.0. The molecular formula is C16H26IN3O2. The molecule has 2 N–H and O–H groups in total. The minimum Gasteiger partial charge on any atom is -0.497 e. The largest absolute Gasteiger partial charge is 0.497 e. The van der Waals surface area contributed by atoms with Crippen LogP contribution in [0.1, 0.15) is 26.2 Å².